The van der Waals surface area contributed by atoms with Crippen molar-refractivity contribution >= 4 is 23.5 Å². The Bertz CT molecular complexity index is 861. The molecule has 0 aliphatic rings. The monoisotopic (exact) mass is 342 g/mol. The van der Waals surface area contributed by atoms with E-state index >= 15 is 0 Å². The molecule has 0 aliphatic carbocycles. The first kappa shape index (κ1) is 16.3. The van der Waals surface area contributed by atoms with E-state index in [4.69, 9.17) is 10.5 Å². The average molecular weight is 342 g/mol. The fourth-order valence-corrected chi connectivity index (χ4v) is 1.99. The maximum absolute atomic E-state index is 13.8. The molecule has 0 atom stereocenters. The summed E-state index contributed by atoms with van der Waals surface area (Å²) in [5.41, 5.74) is 6.91. The van der Waals surface area contributed by atoms with Crippen molar-refractivity contribution in [2.75, 3.05) is 23.5 Å². The van der Waals surface area contributed by atoms with Crippen LogP contribution in [0.3, 0.4) is 0 Å². The van der Waals surface area contributed by atoms with Crippen molar-refractivity contribution in [1.82, 2.24) is 24.9 Å². The number of nitrogens with zero attached hydrogens (tertiary/aromatic N) is 5. The highest BCUT2D eigenvalue weighted by Crippen LogP contribution is 2.22. The minimum absolute atomic E-state index is 0.0247. The number of methoxy groups -OCH3 is 1. The van der Waals surface area contributed by atoms with Gasteiger partial charge < -0.3 is 21.1 Å². The molecule has 0 unspecified atom stereocenters. The number of hydrogen-bond donors (Lipinski definition) is 3. The highest BCUT2D eigenvalue weighted by molar-refractivity contribution is 5.56. The van der Waals surface area contributed by atoms with Crippen molar-refractivity contribution < 1.29 is 9.13 Å². The molecule has 2 heterocycles. The molecule has 10 heteroatoms. The van der Waals surface area contributed by atoms with Crippen LogP contribution in [0.4, 0.5) is 27.9 Å². The van der Waals surface area contributed by atoms with E-state index in [0.717, 1.165) is 5.69 Å². The maximum Gasteiger partial charge on any atom is 0.233 e. The number of ether oxygens (including phenoxy) is 1. The molecule has 0 radical (unpaired) electrons. The molecule has 3 rings (SSSR count). The zero-order chi connectivity index (χ0) is 17.6. The molecule has 25 heavy (non-hydrogen) atoms. The minimum Gasteiger partial charge on any atom is -0.494 e. The number of anilines is 4. The van der Waals surface area contributed by atoms with Gasteiger partial charge in [-0.25, -0.2) is 14.4 Å². The molecule has 0 amide bonds. The van der Waals surface area contributed by atoms with Crippen molar-refractivity contribution in [2.45, 2.75) is 6.54 Å². The summed E-state index contributed by atoms with van der Waals surface area (Å²) < 4.78 is 18.6. The summed E-state index contributed by atoms with van der Waals surface area (Å²) in [6, 6.07) is 6.16. The summed E-state index contributed by atoms with van der Waals surface area (Å²) in [6.07, 6.45) is 3.08. The maximum atomic E-state index is 13.8. The van der Waals surface area contributed by atoms with Gasteiger partial charge >= 0.3 is 0 Å². The summed E-state index contributed by atoms with van der Waals surface area (Å²) in [5.74, 6) is 0.117. The predicted octanol–water partition coefficient (Wildman–Crippen LogP) is 1.75. The highest BCUT2D eigenvalue weighted by Gasteiger charge is 2.08. The van der Waals surface area contributed by atoms with Crippen LogP contribution < -0.4 is 21.1 Å². The first-order chi connectivity index (χ1) is 12.1. The Hall–Kier alpha value is -3.56. The standard InChI is InChI=1S/C15H15FN8O/c1-25-12-3-2-9(6-11(12)16)21-15-23-13(17)22-14(24-15)19-7-10-4-5-18-8-20-10/h2-6,8H,7H2,1H3,(H4,17,19,21,22,23,24). The Balaban J connectivity index is 1.74. The fourth-order valence-electron chi connectivity index (χ4n) is 1.99. The van der Waals surface area contributed by atoms with Crippen molar-refractivity contribution in [3.05, 3.63) is 48.3 Å². The smallest absolute Gasteiger partial charge is 0.233 e. The second-order valence-corrected chi connectivity index (χ2v) is 4.87. The van der Waals surface area contributed by atoms with E-state index in [-0.39, 0.29) is 23.6 Å². The van der Waals surface area contributed by atoms with Crippen molar-refractivity contribution in [2.24, 2.45) is 0 Å². The number of benzene rings is 1. The average Bonchev–Trinajstić information content (AvgIpc) is 2.61. The number of nitrogen functional groups attached to an aromatic ring is 1. The van der Waals surface area contributed by atoms with Crippen LogP contribution in [0, 0.1) is 5.82 Å². The largest absolute Gasteiger partial charge is 0.494 e. The van der Waals surface area contributed by atoms with Crippen LogP contribution in [-0.2, 0) is 6.54 Å². The van der Waals surface area contributed by atoms with Gasteiger partial charge in [-0.05, 0) is 18.2 Å². The van der Waals surface area contributed by atoms with Crippen molar-refractivity contribution in [3.8, 4) is 5.75 Å². The molecule has 2 aromatic heterocycles. The van der Waals surface area contributed by atoms with Crippen LogP contribution in [-0.4, -0.2) is 32.0 Å². The van der Waals surface area contributed by atoms with Crippen molar-refractivity contribution in [3.63, 3.8) is 0 Å². The summed E-state index contributed by atoms with van der Waals surface area (Å²) >= 11 is 0. The lowest BCUT2D eigenvalue weighted by atomic mass is 10.3. The van der Waals surface area contributed by atoms with Gasteiger partial charge in [0, 0.05) is 18.0 Å². The number of nitrogens with one attached hydrogen (secondary N) is 2. The Kier molecular flexibility index (Phi) is 4.79. The van der Waals surface area contributed by atoms with Gasteiger partial charge in [-0.15, -0.1) is 0 Å². The van der Waals surface area contributed by atoms with Crippen LogP contribution in [0.2, 0.25) is 0 Å². The molecule has 128 valence electrons. The zero-order valence-electron chi connectivity index (χ0n) is 13.3. The number of nitrogens with two attached hydrogens (primary N) is 1. The van der Waals surface area contributed by atoms with E-state index in [2.05, 4.69) is 35.6 Å². The van der Waals surface area contributed by atoms with Crippen LogP contribution in [0.25, 0.3) is 0 Å². The molecule has 0 bridgehead atoms. The van der Waals surface area contributed by atoms with Crippen molar-refractivity contribution in [1.29, 1.82) is 0 Å². The molecule has 0 aliphatic heterocycles. The van der Waals surface area contributed by atoms with E-state index in [1.165, 1.54) is 25.6 Å². The Morgan fingerprint density at radius 1 is 1.16 bits per heavy atom. The molecule has 0 saturated carbocycles. The second kappa shape index (κ2) is 7.34. The predicted molar refractivity (Wildman–Crippen MR) is 89.8 cm³/mol. The quantitative estimate of drug-likeness (QED) is 0.614. The van der Waals surface area contributed by atoms with Gasteiger partial charge in [-0.1, -0.05) is 0 Å². The summed E-state index contributed by atoms with van der Waals surface area (Å²) in [7, 11) is 1.40. The van der Waals surface area contributed by atoms with Gasteiger partial charge in [0.15, 0.2) is 11.6 Å². The number of hydrogen-bond acceptors (Lipinski definition) is 9. The highest BCUT2D eigenvalue weighted by atomic mass is 19.1. The third-order valence-electron chi connectivity index (χ3n) is 3.13. The van der Waals surface area contributed by atoms with Gasteiger partial charge in [0.05, 0.1) is 19.3 Å². The van der Waals surface area contributed by atoms with Gasteiger partial charge in [-0.3, -0.25) is 0 Å². The zero-order valence-corrected chi connectivity index (χ0v) is 13.3. The number of halogens is 1. The van der Waals surface area contributed by atoms with E-state index in [1.807, 2.05) is 0 Å². The first-order valence-electron chi connectivity index (χ1n) is 7.25. The van der Waals surface area contributed by atoms with Crippen LogP contribution in [0.5, 0.6) is 5.75 Å². The number of aromatic nitrogens is 5. The Morgan fingerprint density at radius 3 is 2.72 bits per heavy atom. The first-order valence-corrected chi connectivity index (χ1v) is 7.25. The van der Waals surface area contributed by atoms with Gasteiger partial charge in [-0.2, -0.15) is 15.0 Å². The molecule has 0 fully saturated rings. The minimum atomic E-state index is -0.503. The Labute approximate surface area is 142 Å². The summed E-state index contributed by atoms with van der Waals surface area (Å²) in [4.78, 5) is 20.1. The van der Waals surface area contributed by atoms with Crippen LogP contribution >= 0.6 is 0 Å². The lowest BCUT2D eigenvalue weighted by Gasteiger charge is -2.09. The van der Waals surface area contributed by atoms with Crippen LogP contribution in [0.15, 0.2) is 36.8 Å². The molecular formula is C15H15FN8O. The lowest BCUT2D eigenvalue weighted by Crippen LogP contribution is -2.10. The summed E-state index contributed by atoms with van der Waals surface area (Å²) in [6.45, 7) is 0.391. The molecule has 0 saturated heterocycles. The van der Waals surface area contributed by atoms with E-state index < -0.39 is 5.82 Å². The SMILES string of the molecule is COc1ccc(Nc2nc(N)nc(NCc3ccncn3)n2)cc1F. The van der Waals surface area contributed by atoms with Gasteiger partial charge in [0.25, 0.3) is 0 Å². The number of rotatable bonds is 6. The van der Waals surface area contributed by atoms with Crippen LogP contribution in [0.1, 0.15) is 5.69 Å². The fraction of sp³-hybridized carbons (Fsp3) is 0.133. The molecule has 3 aromatic rings. The van der Waals surface area contributed by atoms with E-state index in [1.54, 1.807) is 18.3 Å². The normalized spacial score (nSPS) is 10.3. The molecule has 0 spiro atoms. The lowest BCUT2D eigenvalue weighted by molar-refractivity contribution is 0.386. The molecule has 1 aromatic carbocycles. The van der Waals surface area contributed by atoms with Gasteiger partial charge in [0.1, 0.15) is 6.33 Å². The second-order valence-electron chi connectivity index (χ2n) is 4.87. The molecule has 9 nitrogen and oxygen atoms in total. The molecular weight excluding hydrogens is 327 g/mol. The Morgan fingerprint density at radius 2 is 2.00 bits per heavy atom. The third kappa shape index (κ3) is 4.25. The third-order valence-corrected chi connectivity index (χ3v) is 3.13. The van der Waals surface area contributed by atoms with E-state index in [0.29, 0.717) is 12.2 Å². The molecule has 4 N–H and O–H groups in total. The van der Waals surface area contributed by atoms with Gasteiger partial charge in [0.2, 0.25) is 17.8 Å². The van der Waals surface area contributed by atoms with E-state index in [9.17, 15) is 4.39 Å². The topological polar surface area (TPSA) is 124 Å². The summed E-state index contributed by atoms with van der Waals surface area (Å²) in [5, 5.41) is 5.86.